The highest BCUT2D eigenvalue weighted by Crippen LogP contribution is 2.24. The third-order valence-electron chi connectivity index (χ3n) is 2.43. The van der Waals surface area contributed by atoms with Crippen LogP contribution in [0.4, 0.5) is 0 Å². The fourth-order valence-corrected chi connectivity index (χ4v) is 1.70. The van der Waals surface area contributed by atoms with E-state index >= 15 is 0 Å². The minimum Gasteiger partial charge on any atom is -0.464 e. The normalized spacial score (nSPS) is 12.6. The van der Waals surface area contributed by atoms with Gasteiger partial charge in [-0.2, -0.15) is 0 Å². The Balaban J connectivity index is 2.39. The molecule has 2 rings (SSSR count). The SMILES string of the molecule is CCOC(=O)C(O)c1cccc2[nH]ccc12. The van der Waals surface area contributed by atoms with E-state index in [9.17, 15) is 9.90 Å². The maximum atomic E-state index is 11.4. The Labute approximate surface area is 92.9 Å². The van der Waals surface area contributed by atoms with Crippen LogP contribution in [0.1, 0.15) is 18.6 Å². The number of rotatable bonds is 3. The number of aromatic nitrogens is 1. The van der Waals surface area contributed by atoms with Crippen molar-refractivity contribution in [3.05, 3.63) is 36.0 Å². The van der Waals surface area contributed by atoms with Crippen LogP contribution in [0.5, 0.6) is 0 Å². The van der Waals surface area contributed by atoms with E-state index in [0.29, 0.717) is 5.56 Å². The first-order valence-electron chi connectivity index (χ1n) is 5.14. The Hall–Kier alpha value is -1.81. The topological polar surface area (TPSA) is 62.3 Å². The van der Waals surface area contributed by atoms with Crippen molar-refractivity contribution >= 4 is 16.9 Å². The largest absolute Gasteiger partial charge is 0.464 e. The Morgan fingerprint density at radius 3 is 3.06 bits per heavy atom. The van der Waals surface area contributed by atoms with Gasteiger partial charge >= 0.3 is 5.97 Å². The Bertz CT molecular complexity index is 504. The number of esters is 1. The van der Waals surface area contributed by atoms with Gasteiger partial charge in [-0.05, 0) is 19.1 Å². The van der Waals surface area contributed by atoms with Crippen molar-refractivity contribution in [3.8, 4) is 0 Å². The summed E-state index contributed by atoms with van der Waals surface area (Å²) in [6.45, 7) is 1.97. The van der Waals surface area contributed by atoms with Crippen LogP contribution in [-0.4, -0.2) is 22.7 Å². The first-order chi connectivity index (χ1) is 7.74. The van der Waals surface area contributed by atoms with E-state index in [2.05, 4.69) is 4.98 Å². The van der Waals surface area contributed by atoms with Crippen molar-refractivity contribution in [2.75, 3.05) is 6.61 Å². The lowest BCUT2D eigenvalue weighted by Gasteiger charge is -2.10. The molecule has 0 saturated carbocycles. The second kappa shape index (κ2) is 4.37. The molecule has 4 nitrogen and oxygen atoms in total. The molecule has 84 valence electrons. The number of fused-ring (bicyclic) bond motifs is 1. The van der Waals surface area contributed by atoms with E-state index in [4.69, 9.17) is 4.74 Å². The maximum absolute atomic E-state index is 11.4. The predicted octanol–water partition coefficient (Wildman–Crippen LogP) is 1.76. The summed E-state index contributed by atoms with van der Waals surface area (Å²) in [5.41, 5.74) is 1.46. The van der Waals surface area contributed by atoms with Crippen LogP contribution in [0.25, 0.3) is 10.9 Å². The summed E-state index contributed by atoms with van der Waals surface area (Å²) in [6.07, 6.45) is 0.547. The molecule has 0 aliphatic rings. The summed E-state index contributed by atoms with van der Waals surface area (Å²) >= 11 is 0. The van der Waals surface area contributed by atoms with Gasteiger partial charge in [-0.15, -0.1) is 0 Å². The number of aromatic amines is 1. The molecule has 0 amide bonds. The smallest absolute Gasteiger partial charge is 0.339 e. The quantitative estimate of drug-likeness (QED) is 0.773. The molecular weight excluding hydrogens is 206 g/mol. The first kappa shape index (κ1) is 10.7. The predicted molar refractivity (Wildman–Crippen MR) is 59.9 cm³/mol. The van der Waals surface area contributed by atoms with Crippen molar-refractivity contribution in [2.24, 2.45) is 0 Å². The molecule has 0 bridgehead atoms. The number of carbonyl (C=O) groups excluding carboxylic acids is 1. The molecule has 1 atom stereocenters. The monoisotopic (exact) mass is 219 g/mol. The van der Waals surface area contributed by atoms with Crippen LogP contribution in [0.2, 0.25) is 0 Å². The molecule has 16 heavy (non-hydrogen) atoms. The summed E-state index contributed by atoms with van der Waals surface area (Å²) < 4.78 is 4.78. The van der Waals surface area contributed by atoms with Crippen LogP contribution in [0, 0.1) is 0 Å². The van der Waals surface area contributed by atoms with Crippen molar-refractivity contribution < 1.29 is 14.6 Å². The standard InChI is InChI=1S/C12H13NO3/c1-2-16-12(15)11(14)9-4-3-5-10-8(9)6-7-13-10/h3-7,11,13-14H,2H2,1H3. The molecule has 0 aliphatic carbocycles. The van der Waals surface area contributed by atoms with Crippen LogP contribution >= 0.6 is 0 Å². The number of carbonyl (C=O) groups is 1. The lowest BCUT2D eigenvalue weighted by molar-refractivity contribution is -0.153. The molecule has 4 heteroatoms. The molecule has 1 heterocycles. The average molecular weight is 219 g/mol. The van der Waals surface area contributed by atoms with Crippen molar-refractivity contribution in [1.29, 1.82) is 0 Å². The fourth-order valence-electron chi connectivity index (χ4n) is 1.70. The van der Waals surface area contributed by atoms with Crippen molar-refractivity contribution in [2.45, 2.75) is 13.0 Å². The van der Waals surface area contributed by atoms with Crippen LogP contribution < -0.4 is 0 Å². The zero-order chi connectivity index (χ0) is 11.5. The first-order valence-corrected chi connectivity index (χ1v) is 5.14. The molecule has 0 aliphatic heterocycles. The fraction of sp³-hybridized carbons (Fsp3) is 0.250. The highest BCUT2D eigenvalue weighted by atomic mass is 16.5. The molecule has 0 radical (unpaired) electrons. The van der Waals surface area contributed by atoms with Gasteiger partial charge in [0.25, 0.3) is 0 Å². The molecular formula is C12H13NO3. The van der Waals surface area contributed by atoms with Gasteiger partial charge < -0.3 is 14.8 Å². The second-order valence-electron chi connectivity index (χ2n) is 3.44. The van der Waals surface area contributed by atoms with Crippen molar-refractivity contribution in [3.63, 3.8) is 0 Å². The van der Waals surface area contributed by atoms with Crippen molar-refractivity contribution in [1.82, 2.24) is 4.98 Å². The zero-order valence-corrected chi connectivity index (χ0v) is 8.93. The number of nitrogens with one attached hydrogen (secondary N) is 1. The minimum atomic E-state index is -1.22. The number of benzene rings is 1. The number of H-pyrrole nitrogens is 1. The highest BCUT2D eigenvalue weighted by molar-refractivity contribution is 5.88. The van der Waals surface area contributed by atoms with Gasteiger partial charge in [-0.1, -0.05) is 12.1 Å². The maximum Gasteiger partial charge on any atom is 0.339 e. The second-order valence-corrected chi connectivity index (χ2v) is 3.44. The summed E-state index contributed by atoms with van der Waals surface area (Å²) in [7, 11) is 0. The summed E-state index contributed by atoms with van der Waals surface area (Å²) in [6, 6.07) is 7.22. The van der Waals surface area contributed by atoms with Gasteiger partial charge in [0.1, 0.15) is 0 Å². The lowest BCUT2D eigenvalue weighted by atomic mass is 10.1. The van der Waals surface area contributed by atoms with Crippen LogP contribution in [0.15, 0.2) is 30.5 Å². The molecule has 2 N–H and O–H groups in total. The lowest BCUT2D eigenvalue weighted by Crippen LogP contribution is -2.15. The Kier molecular flexibility index (Phi) is 2.92. The highest BCUT2D eigenvalue weighted by Gasteiger charge is 2.20. The van der Waals surface area contributed by atoms with E-state index in [0.717, 1.165) is 10.9 Å². The summed E-state index contributed by atoms with van der Waals surface area (Å²) in [5, 5.41) is 10.7. The van der Waals surface area contributed by atoms with E-state index in [-0.39, 0.29) is 6.61 Å². The molecule has 1 aromatic heterocycles. The number of ether oxygens (including phenoxy) is 1. The average Bonchev–Trinajstić information content (AvgIpc) is 2.76. The van der Waals surface area contributed by atoms with Gasteiger partial charge in [0, 0.05) is 22.7 Å². The Morgan fingerprint density at radius 2 is 2.31 bits per heavy atom. The van der Waals surface area contributed by atoms with E-state index in [1.807, 2.05) is 12.1 Å². The zero-order valence-electron chi connectivity index (χ0n) is 8.93. The van der Waals surface area contributed by atoms with E-state index in [1.165, 1.54) is 0 Å². The molecule has 2 aromatic rings. The van der Waals surface area contributed by atoms with Gasteiger partial charge in [0.05, 0.1) is 6.61 Å². The van der Waals surface area contributed by atoms with Crippen LogP contribution in [0.3, 0.4) is 0 Å². The number of aliphatic hydroxyl groups excluding tert-OH is 1. The number of aliphatic hydroxyl groups is 1. The van der Waals surface area contributed by atoms with Crippen LogP contribution in [-0.2, 0) is 9.53 Å². The molecule has 0 fully saturated rings. The molecule has 0 saturated heterocycles. The van der Waals surface area contributed by atoms with Gasteiger partial charge in [0.15, 0.2) is 6.10 Å². The third-order valence-corrected chi connectivity index (χ3v) is 2.43. The number of hydrogen-bond donors (Lipinski definition) is 2. The molecule has 1 unspecified atom stereocenters. The molecule has 1 aromatic carbocycles. The summed E-state index contributed by atoms with van der Waals surface area (Å²) in [4.78, 5) is 14.4. The van der Waals surface area contributed by atoms with Gasteiger partial charge in [0.2, 0.25) is 0 Å². The third kappa shape index (κ3) is 1.79. The van der Waals surface area contributed by atoms with E-state index < -0.39 is 12.1 Å². The molecule has 0 spiro atoms. The van der Waals surface area contributed by atoms with E-state index in [1.54, 1.807) is 25.3 Å². The summed E-state index contributed by atoms with van der Waals surface area (Å²) in [5.74, 6) is -0.615. The minimum absolute atomic E-state index is 0.263. The van der Waals surface area contributed by atoms with Gasteiger partial charge in [-0.3, -0.25) is 0 Å². The Morgan fingerprint density at radius 1 is 1.50 bits per heavy atom. The van der Waals surface area contributed by atoms with Gasteiger partial charge in [-0.25, -0.2) is 4.79 Å². The number of hydrogen-bond acceptors (Lipinski definition) is 3.